The van der Waals surface area contributed by atoms with Crippen molar-refractivity contribution >= 4 is 23.2 Å². The number of nitrogens with two attached hydrogens (primary N) is 1. The Morgan fingerprint density at radius 1 is 1.44 bits per heavy atom. The second-order valence-electron chi connectivity index (χ2n) is 3.91. The van der Waals surface area contributed by atoms with Gasteiger partial charge in [0, 0.05) is 11.6 Å². The maximum absolute atomic E-state index is 13.6. The molecule has 0 aromatic heterocycles. The van der Waals surface area contributed by atoms with Crippen LogP contribution in [-0.2, 0) is 6.42 Å². The molecule has 0 saturated carbocycles. The van der Waals surface area contributed by atoms with E-state index in [-0.39, 0.29) is 17.7 Å². The molecule has 18 heavy (non-hydrogen) atoms. The summed E-state index contributed by atoms with van der Waals surface area (Å²) in [5.74, 6) is -2.05. The molecule has 0 heterocycles. The summed E-state index contributed by atoms with van der Waals surface area (Å²) >= 11 is 10.9. The molecule has 0 saturated heterocycles. The van der Waals surface area contributed by atoms with E-state index in [1.165, 1.54) is 12.1 Å². The Kier molecular flexibility index (Phi) is 5.85. The van der Waals surface area contributed by atoms with Gasteiger partial charge in [0.05, 0.1) is 5.03 Å². The summed E-state index contributed by atoms with van der Waals surface area (Å²) in [5.41, 5.74) is 7.11. The van der Waals surface area contributed by atoms with E-state index >= 15 is 0 Å². The quantitative estimate of drug-likeness (QED) is 0.901. The van der Waals surface area contributed by atoms with Gasteiger partial charge in [-0.05, 0) is 31.0 Å². The zero-order valence-corrected chi connectivity index (χ0v) is 11.2. The molecule has 0 aliphatic carbocycles. The van der Waals surface area contributed by atoms with E-state index in [1.54, 1.807) is 6.92 Å². The molecule has 0 aliphatic rings. The average molecular weight is 296 g/mol. The van der Waals surface area contributed by atoms with E-state index in [9.17, 15) is 8.78 Å². The van der Waals surface area contributed by atoms with Crippen molar-refractivity contribution in [2.24, 2.45) is 5.73 Å². The number of hydrogen-bond donors (Lipinski definition) is 1. The number of rotatable bonds is 5. The summed E-state index contributed by atoms with van der Waals surface area (Å²) in [6.07, 6.45) is 0.385. The first-order valence-electron chi connectivity index (χ1n) is 5.25. The predicted octanol–water partition coefficient (Wildman–Crippen LogP) is 3.55. The van der Waals surface area contributed by atoms with E-state index in [0.29, 0.717) is 12.0 Å². The van der Waals surface area contributed by atoms with Gasteiger partial charge in [-0.15, -0.1) is 0 Å². The normalized spacial score (nSPS) is 13.6. The fourth-order valence-corrected chi connectivity index (χ4v) is 1.53. The molecule has 0 aliphatic heterocycles. The molecule has 1 unspecified atom stereocenters. The first-order chi connectivity index (χ1) is 8.43. The van der Waals surface area contributed by atoms with Crippen LogP contribution in [0.5, 0.6) is 5.75 Å². The Morgan fingerprint density at radius 3 is 2.44 bits per heavy atom. The Balaban J connectivity index is 2.87. The van der Waals surface area contributed by atoms with Crippen molar-refractivity contribution in [2.45, 2.75) is 19.4 Å². The smallest absolute Gasteiger partial charge is 0.191 e. The third kappa shape index (κ3) is 4.44. The summed E-state index contributed by atoms with van der Waals surface area (Å²) in [6.45, 7) is 1.57. The molecule has 1 rings (SSSR count). The standard InChI is InChI=1S/C12H13Cl2F2NO/c1-7(17)2-8-3-10(15)12(11(16)4-8)18-6-9(14)5-13/h3-5,7H,2,6,17H2,1H3. The van der Waals surface area contributed by atoms with E-state index in [2.05, 4.69) is 0 Å². The van der Waals surface area contributed by atoms with Gasteiger partial charge in [-0.3, -0.25) is 0 Å². The molecule has 100 valence electrons. The highest BCUT2D eigenvalue weighted by Crippen LogP contribution is 2.24. The Bertz CT molecular complexity index is 427. The van der Waals surface area contributed by atoms with E-state index in [0.717, 1.165) is 5.54 Å². The summed E-state index contributed by atoms with van der Waals surface area (Å²) < 4.78 is 32.1. The topological polar surface area (TPSA) is 35.2 Å². The van der Waals surface area contributed by atoms with Crippen molar-refractivity contribution in [1.82, 2.24) is 0 Å². The molecule has 2 nitrogen and oxygen atoms in total. The molecule has 0 bridgehead atoms. The lowest BCUT2D eigenvalue weighted by atomic mass is 10.1. The highest BCUT2D eigenvalue weighted by atomic mass is 35.5. The lowest BCUT2D eigenvalue weighted by Crippen LogP contribution is -2.18. The van der Waals surface area contributed by atoms with Crippen molar-refractivity contribution < 1.29 is 13.5 Å². The van der Waals surface area contributed by atoms with Gasteiger partial charge in [0.2, 0.25) is 0 Å². The van der Waals surface area contributed by atoms with Crippen LogP contribution in [0.3, 0.4) is 0 Å². The molecule has 6 heteroatoms. The molecular weight excluding hydrogens is 283 g/mol. The maximum Gasteiger partial charge on any atom is 0.191 e. The van der Waals surface area contributed by atoms with Crippen LogP contribution in [0.2, 0.25) is 0 Å². The molecule has 0 fully saturated rings. The Hall–Kier alpha value is -0.840. The van der Waals surface area contributed by atoms with Crippen molar-refractivity contribution in [3.63, 3.8) is 0 Å². The predicted molar refractivity (Wildman–Crippen MR) is 69.0 cm³/mol. The number of ether oxygens (including phenoxy) is 1. The third-order valence-corrected chi connectivity index (χ3v) is 2.68. The highest BCUT2D eigenvalue weighted by Gasteiger charge is 2.13. The SMILES string of the molecule is CC(N)Cc1cc(F)c(OCC(Cl)=CCl)c(F)c1. The summed E-state index contributed by atoms with van der Waals surface area (Å²) in [6, 6.07) is 2.21. The summed E-state index contributed by atoms with van der Waals surface area (Å²) in [7, 11) is 0. The van der Waals surface area contributed by atoms with Crippen LogP contribution in [-0.4, -0.2) is 12.6 Å². The minimum atomic E-state index is -0.787. The summed E-state index contributed by atoms with van der Waals surface area (Å²) in [4.78, 5) is 0. The fraction of sp³-hybridized carbons (Fsp3) is 0.333. The van der Waals surface area contributed by atoms with Gasteiger partial charge in [0.1, 0.15) is 6.61 Å². The van der Waals surface area contributed by atoms with Crippen LogP contribution < -0.4 is 10.5 Å². The van der Waals surface area contributed by atoms with Gasteiger partial charge < -0.3 is 10.5 Å². The van der Waals surface area contributed by atoms with Crippen molar-refractivity contribution in [2.75, 3.05) is 6.61 Å². The van der Waals surface area contributed by atoms with Crippen LogP contribution >= 0.6 is 23.2 Å². The second kappa shape index (κ2) is 6.92. The van der Waals surface area contributed by atoms with Crippen LogP contribution in [0.4, 0.5) is 8.78 Å². The minimum Gasteiger partial charge on any atom is -0.482 e. The first kappa shape index (κ1) is 15.2. The van der Waals surface area contributed by atoms with Gasteiger partial charge in [-0.25, -0.2) is 8.78 Å². The van der Waals surface area contributed by atoms with Crippen LogP contribution in [0.25, 0.3) is 0 Å². The number of halogens is 4. The number of benzene rings is 1. The molecule has 1 aromatic carbocycles. The van der Waals surface area contributed by atoms with Crippen molar-refractivity contribution in [3.8, 4) is 5.75 Å². The lowest BCUT2D eigenvalue weighted by molar-refractivity contribution is 0.317. The van der Waals surface area contributed by atoms with Crippen LogP contribution in [0, 0.1) is 11.6 Å². The molecule has 1 atom stereocenters. The lowest BCUT2D eigenvalue weighted by Gasteiger charge is -2.10. The van der Waals surface area contributed by atoms with E-state index < -0.39 is 17.4 Å². The summed E-state index contributed by atoms with van der Waals surface area (Å²) in [5, 5.41) is 0.148. The molecule has 1 aromatic rings. The van der Waals surface area contributed by atoms with Gasteiger partial charge in [-0.2, -0.15) is 0 Å². The van der Waals surface area contributed by atoms with Gasteiger partial charge >= 0.3 is 0 Å². The second-order valence-corrected chi connectivity index (χ2v) is 4.62. The zero-order chi connectivity index (χ0) is 13.7. The first-order valence-corrected chi connectivity index (χ1v) is 6.06. The molecular formula is C12H13Cl2F2NO. The number of hydrogen-bond acceptors (Lipinski definition) is 2. The highest BCUT2D eigenvalue weighted by molar-refractivity contribution is 6.36. The van der Waals surface area contributed by atoms with Crippen LogP contribution in [0.1, 0.15) is 12.5 Å². The van der Waals surface area contributed by atoms with Gasteiger partial charge in [-0.1, -0.05) is 23.2 Å². The molecule has 0 amide bonds. The monoisotopic (exact) mass is 295 g/mol. The van der Waals surface area contributed by atoms with Gasteiger partial charge in [0.25, 0.3) is 0 Å². The van der Waals surface area contributed by atoms with E-state index in [1.807, 2.05) is 0 Å². The van der Waals surface area contributed by atoms with Crippen molar-refractivity contribution in [3.05, 3.63) is 39.9 Å². The van der Waals surface area contributed by atoms with Crippen molar-refractivity contribution in [1.29, 1.82) is 0 Å². The largest absolute Gasteiger partial charge is 0.482 e. The van der Waals surface area contributed by atoms with Gasteiger partial charge in [0.15, 0.2) is 17.4 Å². The third-order valence-electron chi connectivity index (χ3n) is 2.09. The molecule has 2 N–H and O–H groups in total. The minimum absolute atomic E-state index is 0.148. The Morgan fingerprint density at radius 2 is 2.00 bits per heavy atom. The van der Waals surface area contributed by atoms with Crippen LogP contribution in [0.15, 0.2) is 22.7 Å². The fourth-order valence-electron chi connectivity index (χ4n) is 1.41. The molecule has 0 radical (unpaired) electrons. The molecule has 0 spiro atoms. The maximum atomic E-state index is 13.6. The Labute approximate surface area is 114 Å². The zero-order valence-electron chi connectivity index (χ0n) is 9.72. The average Bonchev–Trinajstić information content (AvgIpc) is 2.26. The van der Waals surface area contributed by atoms with E-state index in [4.69, 9.17) is 33.7 Å².